The zero-order valence-corrected chi connectivity index (χ0v) is 20.4. The summed E-state index contributed by atoms with van der Waals surface area (Å²) in [6.45, 7) is 0.316. The average Bonchev–Trinajstić information content (AvgIpc) is 3.49. The van der Waals surface area contributed by atoms with Crippen molar-refractivity contribution >= 4 is 53.1 Å². The fraction of sp³-hybridized carbons (Fsp3) is 0.435. The van der Waals surface area contributed by atoms with Crippen molar-refractivity contribution in [3.63, 3.8) is 0 Å². The number of para-hydroxylation sites is 1. The van der Waals surface area contributed by atoms with Gasteiger partial charge in [-0.3, -0.25) is 19.2 Å². The third-order valence-corrected chi connectivity index (χ3v) is 6.50. The molecule has 1 aliphatic heterocycles. The van der Waals surface area contributed by atoms with Crippen molar-refractivity contribution in [3.8, 4) is 0 Å². The number of thiol groups is 1. The third kappa shape index (κ3) is 6.34. The molecular weight excluding hydrogens is 488 g/mol. The van der Waals surface area contributed by atoms with E-state index in [0.29, 0.717) is 24.9 Å². The van der Waals surface area contributed by atoms with E-state index in [2.05, 4.69) is 28.2 Å². The molecule has 1 aromatic carbocycles. The van der Waals surface area contributed by atoms with E-state index in [1.807, 2.05) is 24.3 Å². The van der Waals surface area contributed by atoms with Crippen LogP contribution in [0.15, 0.2) is 30.5 Å². The van der Waals surface area contributed by atoms with Crippen molar-refractivity contribution in [1.29, 1.82) is 0 Å². The van der Waals surface area contributed by atoms with Gasteiger partial charge in [0.2, 0.25) is 23.6 Å². The minimum atomic E-state index is -1.42. The number of aromatic amines is 1. The van der Waals surface area contributed by atoms with Gasteiger partial charge in [-0.1, -0.05) is 18.2 Å². The Morgan fingerprint density at radius 1 is 1.17 bits per heavy atom. The van der Waals surface area contributed by atoms with E-state index >= 15 is 0 Å². The normalized spacial score (nSPS) is 17.8. The smallest absolute Gasteiger partial charge is 0.326 e. The number of carboxylic acid groups (broad SMARTS) is 1. The molecule has 0 bridgehead atoms. The summed E-state index contributed by atoms with van der Waals surface area (Å²) in [5.41, 5.74) is 12.5. The van der Waals surface area contributed by atoms with E-state index < -0.39 is 60.2 Å². The Kier molecular flexibility index (Phi) is 8.93. The summed E-state index contributed by atoms with van der Waals surface area (Å²) >= 11 is 4.02. The largest absolute Gasteiger partial charge is 0.480 e. The second-order valence-electron chi connectivity index (χ2n) is 8.67. The van der Waals surface area contributed by atoms with Gasteiger partial charge in [-0.15, -0.1) is 0 Å². The Hall–Kier alpha value is -3.58. The van der Waals surface area contributed by atoms with E-state index in [0.717, 1.165) is 10.9 Å². The zero-order valence-electron chi connectivity index (χ0n) is 19.5. The molecule has 2 heterocycles. The molecule has 0 spiro atoms. The van der Waals surface area contributed by atoms with E-state index in [4.69, 9.17) is 11.5 Å². The lowest BCUT2D eigenvalue weighted by molar-refractivity contribution is -0.143. The van der Waals surface area contributed by atoms with Gasteiger partial charge in [-0.25, -0.2) is 4.79 Å². The first-order valence-corrected chi connectivity index (χ1v) is 12.1. The molecule has 3 rings (SSSR count). The molecule has 1 fully saturated rings. The Balaban J connectivity index is 1.72. The van der Waals surface area contributed by atoms with Crippen LogP contribution in [0.2, 0.25) is 0 Å². The highest BCUT2D eigenvalue weighted by molar-refractivity contribution is 7.80. The van der Waals surface area contributed by atoms with Crippen LogP contribution in [0.1, 0.15) is 24.8 Å². The van der Waals surface area contributed by atoms with Crippen molar-refractivity contribution < 1.29 is 29.1 Å². The molecule has 0 saturated carbocycles. The van der Waals surface area contributed by atoms with Gasteiger partial charge in [0.15, 0.2) is 0 Å². The van der Waals surface area contributed by atoms with Gasteiger partial charge in [-0.2, -0.15) is 12.6 Å². The molecule has 36 heavy (non-hydrogen) atoms. The number of rotatable bonds is 11. The summed E-state index contributed by atoms with van der Waals surface area (Å²) in [6, 6.07) is 2.80. The lowest BCUT2D eigenvalue weighted by Crippen LogP contribution is -2.57. The lowest BCUT2D eigenvalue weighted by atomic mass is 10.0. The number of amides is 4. The maximum absolute atomic E-state index is 13.0. The second-order valence-corrected chi connectivity index (χ2v) is 9.04. The molecule has 1 saturated heterocycles. The first-order valence-electron chi connectivity index (χ1n) is 11.5. The first-order chi connectivity index (χ1) is 17.1. The number of carboxylic acids is 1. The Labute approximate surface area is 212 Å². The molecule has 8 N–H and O–H groups in total. The summed E-state index contributed by atoms with van der Waals surface area (Å²) in [4.78, 5) is 66.4. The van der Waals surface area contributed by atoms with Gasteiger partial charge in [0, 0.05) is 35.8 Å². The lowest BCUT2D eigenvalue weighted by Gasteiger charge is -2.28. The number of H-pyrrole nitrogens is 1. The number of carbonyl (C=O) groups excluding carboxylic acids is 4. The van der Waals surface area contributed by atoms with Crippen LogP contribution in [0.3, 0.4) is 0 Å². The predicted molar refractivity (Wildman–Crippen MR) is 134 cm³/mol. The van der Waals surface area contributed by atoms with Gasteiger partial charge in [0.1, 0.15) is 18.1 Å². The maximum Gasteiger partial charge on any atom is 0.326 e. The monoisotopic (exact) mass is 518 g/mol. The summed E-state index contributed by atoms with van der Waals surface area (Å²) in [6.07, 6.45) is 1.99. The molecule has 2 aromatic rings. The molecule has 4 atom stereocenters. The highest BCUT2D eigenvalue weighted by atomic mass is 32.1. The highest BCUT2D eigenvalue weighted by Crippen LogP contribution is 2.20. The number of hydrogen-bond acceptors (Lipinski definition) is 7. The molecule has 0 aliphatic carbocycles. The Morgan fingerprint density at radius 2 is 1.89 bits per heavy atom. The van der Waals surface area contributed by atoms with E-state index in [9.17, 15) is 29.1 Å². The second kappa shape index (κ2) is 11.9. The van der Waals surface area contributed by atoms with Gasteiger partial charge in [0.25, 0.3) is 0 Å². The van der Waals surface area contributed by atoms with Gasteiger partial charge >= 0.3 is 5.97 Å². The maximum atomic E-state index is 13.0. The number of nitrogens with zero attached hydrogens (tertiary/aromatic N) is 1. The minimum absolute atomic E-state index is 0.0329. The van der Waals surface area contributed by atoms with Crippen LogP contribution >= 0.6 is 12.6 Å². The van der Waals surface area contributed by atoms with Crippen LogP contribution in [0.5, 0.6) is 0 Å². The minimum Gasteiger partial charge on any atom is -0.480 e. The zero-order chi connectivity index (χ0) is 26.4. The number of aliphatic carboxylic acids is 1. The van der Waals surface area contributed by atoms with E-state index in [1.54, 1.807) is 6.20 Å². The number of benzene rings is 1. The quantitative estimate of drug-likeness (QED) is 0.183. The standard InChI is InChI=1S/C23H30N6O6S/c24-14(11-36)22(33)29-7-3-6-18(29)21(32)27-16(9-19(25)30)20(31)28-17(23(34)35)8-12-10-26-15-5-2-1-4-13(12)15/h1-2,4-5,10,14,16-18,26,36H,3,6-9,11,24H2,(H2,25,30)(H,27,32)(H,28,31)(H,34,35). The Bertz CT molecular complexity index is 1150. The first kappa shape index (κ1) is 27.0. The van der Waals surface area contributed by atoms with E-state index in [-0.39, 0.29) is 12.2 Å². The van der Waals surface area contributed by atoms with Crippen molar-refractivity contribution in [2.45, 2.75) is 49.9 Å². The number of hydrogen-bond donors (Lipinski definition) is 7. The molecule has 0 radical (unpaired) electrons. The number of carbonyl (C=O) groups is 5. The van der Waals surface area contributed by atoms with Crippen molar-refractivity contribution in [3.05, 3.63) is 36.0 Å². The van der Waals surface area contributed by atoms with Crippen LogP contribution in [0, 0.1) is 0 Å². The van der Waals surface area contributed by atoms with Gasteiger partial charge in [-0.05, 0) is 24.5 Å². The summed E-state index contributed by atoms with van der Waals surface area (Å²) in [5.74, 6) is -4.03. The number of aromatic nitrogens is 1. The van der Waals surface area contributed by atoms with Crippen LogP contribution < -0.4 is 22.1 Å². The molecule has 12 nitrogen and oxygen atoms in total. The summed E-state index contributed by atoms with van der Waals surface area (Å²) in [5, 5.41) is 15.4. The molecule has 194 valence electrons. The van der Waals surface area contributed by atoms with Gasteiger partial charge < -0.3 is 37.1 Å². The summed E-state index contributed by atoms with van der Waals surface area (Å²) < 4.78 is 0. The number of likely N-dealkylation sites (tertiary alicyclic amines) is 1. The number of nitrogens with two attached hydrogens (primary N) is 2. The van der Waals surface area contributed by atoms with Crippen LogP contribution in [-0.2, 0) is 30.4 Å². The van der Waals surface area contributed by atoms with E-state index in [1.165, 1.54) is 4.90 Å². The molecule has 13 heteroatoms. The Morgan fingerprint density at radius 3 is 2.56 bits per heavy atom. The molecule has 4 unspecified atom stereocenters. The fourth-order valence-electron chi connectivity index (χ4n) is 4.27. The fourth-order valence-corrected chi connectivity index (χ4v) is 4.42. The molecule has 1 aliphatic rings. The SMILES string of the molecule is NC(=O)CC(NC(=O)C1CCCN1C(=O)C(N)CS)C(=O)NC(Cc1c[nH]c2ccccc12)C(=O)O. The van der Waals surface area contributed by atoms with Crippen molar-refractivity contribution in [2.75, 3.05) is 12.3 Å². The highest BCUT2D eigenvalue weighted by Gasteiger charge is 2.38. The molecule has 4 amide bonds. The third-order valence-electron chi connectivity index (χ3n) is 6.10. The number of primary amides is 1. The van der Waals surface area contributed by atoms with Crippen LogP contribution in [0.25, 0.3) is 10.9 Å². The van der Waals surface area contributed by atoms with Gasteiger partial charge in [0.05, 0.1) is 12.5 Å². The predicted octanol–water partition coefficient (Wildman–Crippen LogP) is -1.11. The van der Waals surface area contributed by atoms with Crippen LogP contribution in [0.4, 0.5) is 0 Å². The topological polar surface area (TPSA) is 201 Å². The number of nitrogens with one attached hydrogen (secondary N) is 3. The molecular formula is C23H30N6O6S. The van der Waals surface area contributed by atoms with Crippen molar-refractivity contribution in [1.82, 2.24) is 20.5 Å². The molecule has 1 aromatic heterocycles. The summed E-state index contributed by atoms with van der Waals surface area (Å²) in [7, 11) is 0. The van der Waals surface area contributed by atoms with Crippen molar-refractivity contribution in [2.24, 2.45) is 11.5 Å². The average molecular weight is 519 g/mol. The number of fused-ring (bicyclic) bond motifs is 1. The van der Waals surface area contributed by atoms with Crippen LogP contribution in [-0.4, -0.2) is 81.1 Å².